The first-order valence-electron chi connectivity index (χ1n) is 8.39. The molecule has 0 bridgehead atoms. The molecule has 1 aromatic rings. The molecule has 0 amide bonds. The highest BCUT2D eigenvalue weighted by molar-refractivity contribution is 7.91. The number of sulfone groups is 1. The van der Waals surface area contributed by atoms with Crippen molar-refractivity contribution in [1.82, 2.24) is 4.90 Å². The van der Waals surface area contributed by atoms with Gasteiger partial charge in [0, 0.05) is 24.9 Å². The summed E-state index contributed by atoms with van der Waals surface area (Å²) in [4.78, 5) is 2.03. The first kappa shape index (κ1) is 17.6. The molecule has 2 heterocycles. The Morgan fingerprint density at radius 3 is 2.88 bits per heavy atom. The van der Waals surface area contributed by atoms with Crippen LogP contribution < -0.4 is 5.32 Å². The summed E-state index contributed by atoms with van der Waals surface area (Å²) in [6, 6.07) is 7.94. The Kier molecular flexibility index (Phi) is 5.42. The summed E-state index contributed by atoms with van der Waals surface area (Å²) in [7, 11) is -2.96. The van der Waals surface area contributed by atoms with Crippen LogP contribution >= 0.6 is 12.2 Å². The van der Waals surface area contributed by atoms with Gasteiger partial charge in [0.1, 0.15) is 0 Å². The third kappa shape index (κ3) is 4.46. The SMILES string of the molecule is Cc1cccc(NC(=S)N(C[C@@H]2CCCO2)[C@@H]2CCS(=O)(=O)C2)c1. The summed E-state index contributed by atoms with van der Waals surface area (Å²) in [6.07, 6.45) is 2.82. The van der Waals surface area contributed by atoms with E-state index >= 15 is 0 Å². The third-order valence-corrected chi connectivity index (χ3v) is 6.69. The number of aryl methyl sites for hydroxylation is 1. The number of benzene rings is 1. The van der Waals surface area contributed by atoms with Crippen molar-refractivity contribution in [3.8, 4) is 0 Å². The predicted octanol–water partition coefficient (Wildman–Crippen LogP) is 2.36. The molecule has 3 rings (SSSR count). The molecule has 0 unspecified atom stereocenters. The molecule has 2 fully saturated rings. The van der Waals surface area contributed by atoms with Gasteiger partial charge in [0.15, 0.2) is 14.9 Å². The Morgan fingerprint density at radius 1 is 1.42 bits per heavy atom. The molecule has 0 aromatic heterocycles. The van der Waals surface area contributed by atoms with E-state index in [0.717, 1.165) is 30.7 Å². The predicted molar refractivity (Wildman–Crippen MR) is 100 cm³/mol. The molecule has 2 atom stereocenters. The van der Waals surface area contributed by atoms with Crippen LogP contribution in [0.4, 0.5) is 5.69 Å². The van der Waals surface area contributed by atoms with Gasteiger partial charge >= 0.3 is 0 Å². The van der Waals surface area contributed by atoms with Crippen LogP contribution in [0, 0.1) is 6.92 Å². The van der Waals surface area contributed by atoms with Gasteiger partial charge in [0.2, 0.25) is 0 Å². The van der Waals surface area contributed by atoms with Crippen molar-refractivity contribution in [2.45, 2.75) is 38.3 Å². The maximum Gasteiger partial charge on any atom is 0.173 e. The van der Waals surface area contributed by atoms with Crippen LogP contribution in [0.1, 0.15) is 24.8 Å². The number of nitrogens with zero attached hydrogens (tertiary/aromatic N) is 1. The van der Waals surface area contributed by atoms with Crippen molar-refractivity contribution in [2.75, 3.05) is 30.0 Å². The number of hydrogen-bond donors (Lipinski definition) is 1. The number of rotatable bonds is 4. The standard InChI is InChI=1S/C17H24N2O3S2/c1-13-4-2-5-14(10-13)18-17(23)19(11-16-6-3-8-22-16)15-7-9-24(20,21)12-15/h2,4-5,10,15-16H,3,6-9,11-12H2,1H3,(H,18,23)/t15-,16+/m1/s1. The number of hydrogen-bond acceptors (Lipinski definition) is 4. The maximum atomic E-state index is 11.9. The molecule has 5 nitrogen and oxygen atoms in total. The van der Waals surface area contributed by atoms with E-state index in [4.69, 9.17) is 17.0 Å². The fourth-order valence-corrected chi connectivity index (χ4v) is 5.42. The van der Waals surface area contributed by atoms with E-state index < -0.39 is 9.84 Å². The molecule has 24 heavy (non-hydrogen) atoms. The zero-order valence-corrected chi connectivity index (χ0v) is 15.5. The van der Waals surface area contributed by atoms with E-state index in [1.807, 2.05) is 36.1 Å². The number of ether oxygens (including phenoxy) is 1. The molecular weight excluding hydrogens is 344 g/mol. The lowest BCUT2D eigenvalue weighted by atomic mass is 10.1. The van der Waals surface area contributed by atoms with Crippen LogP contribution in [0.3, 0.4) is 0 Å². The molecule has 7 heteroatoms. The van der Waals surface area contributed by atoms with Gasteiger partial charge in [0.25, 0.3) is 0 Å². The van der Waals surface area contributed by atoms with Gasteiger partial charge in [-0.15, -0.1) is 0 Å². The second kappa shape index (κ2) is 7.37. The van der Waals surface area contributed by atoms with Crippen molar-refractivity contribution >= 4 is 32.9 Å². The van der Waals surface area contributed by atoms with Crippen LogP contribution in [0.25, 0.3) is 0 Å². The summed E-state index contributed by atoms with van der Waals surface area (Å²) >= 11 is 5.61. The molecule has 1 N–H and O–H groups in total. The van der Waals surface area contributed by atoms with E-state index in [9.17, 15) is 8.42 Å². The fourth-order valence-electron chi connectivity index (χ4n) is 3.34. The molecule has 2 aliphatic rings. The molecule has 0 radical (unpaired) electrons. The summed E-state index contributed by atoms with van der Waals surface area (Å²) in [5, 5.41) is 3.85. The van der Waals surface area contributed by atoms with Gasteiger partial charge in [-0.3, -0.25) is 0 Å². The zero-order valence-electron chi connectivity index (χ0n) is 13.9. The van der Waals surface area contributed by atoms with E-state index in [2.05, 4.69) is 5.32 Å². The van der Waals surface area contributed by atoms with Crippen molar-refractivity contribution in [2.24, 2.45) is 0 Å². The summed E-state index contributed by atoms with van der Waals surface area (Å²) in [5.74, 6) is 0.419. The number of thiocarbonyl (C=S) groups is 1. The van der Waals surface area contributed by atoms with E-state index in [0.29, 0.717) is 18.1 Å². The molecule has 0 aliphatic carbocycles. The van der Waals surface area contributed by atoms with Gasteiger partial charge in [-0.25, -0.2) is 8.42 Å². The monoisotopic (exact) mass is 368 g/mol. The molecule has 132 valence electrons. The summed E-state index contributed by atoms with van der Waals surface area (Å²) in [6.45, 7) is 3.46. The molecular formula is C17H24N2O3S2. The number of nitrogens with one attached hydrogen (secondary N) is 1. The lowest BCUT2D eigenvalue weighted by Gasteiger charge is -2.33. The Labute approximate surface area is 149 Å². The average molecular weight is 369 g/mol. The lowest BCUT2D eigenvalue weighted by molar-refractivity contribution is 0.0851. The maximum absolute atomic E-state index is 11.9. The highest BCUT2D eigenvalue weighted by Crippen LogP contribution is 2.22. The highest BCUT2D eigenvalue weighted by Gasteiger charge is 2.35. The minimum Gasteiger partial charge on any atom is -0.376 e. The van der Waals surface area contributed by atoms with Crippen molar-refractivity contribution in [3.05, 3.63) is 29.8 Å². The van der Waals surface area contributed by atoms with Crippen LogP contribution in [-0.4, -0.2) is 55.2 Å². The van der Waals surface area contributed by atoms with Crippen molar-refractivity contribution in [1.29, 1.82) is 0 Å². The summed E-state index contributed by atoms with van der Waals surface area (Å²) in [5.41, 5.74) is 2.08. The van der Waals surface area contributed by atoms with E-state index in [-0.39, 0.29) is 23.7 Å². The average Bonchev–Trinajstić information content (AvgIpc) is 3.14. The van der Waals surface area contributed by atoms with Crippen LogP contribution in [-0.2, 0) is 14.6 Å². The minimum atomic E-state index is -2.96. The summed E-state index contributed by atoms with van der Waals surface area (Å²) < 4.78 is 29.5. The molecule has 2 saturated heterocycles. The highest BCUT2D eigenvalue weighted by atomic mass is 32.2. The lowest BCUT2D eigenvalue weighted by Crippen LogP contribution is -2.47. The van der Waals surface area contributed by atoms with Crippen LogP contribution in [0.15, 0.2) is 24.3 Å². The van der Waals surface area contributed by atoms with Gasteiger partial charge in [-0.1, -0.05) is 12.1 Å². The van der Waals surface area contributed by atoms with Crippen LogP contribution in [0.5, 0.6) is 0 Å². The fraction of sp³-hybridized carbons (Fsp3) is 0.588. The normalized spacial score (nSPS) is 25.5. The van der Waals surface area contributed by atoms with Gasteiger partial charge in [0.05, 0.1) is 17.6 Å². The smallest absolute Gasteiger partial charge is 0.173 e. The second-order valence-corrected chi connectivity index (χ2v) is 9.26. The second-order valence-electron chi connectivity index (χ2n) is 6.64. The largest absolute Gasteiger partial charge is 0.376 e. The molecule has 1 aromatic carbocycles. The first-order chi connectivity index (χ1) is 11.4. The Balaban J connectivity index is 1.73. The van der Waals surface area contributed by atoms with Gasteiger partial charge < -0.3 is 15.0 Å². The van der Waals surface area contributed by atoms with Crippen LogP contribution in [0.2, 0.25) is 0 Å². The van der Waals surface area contributed by atoms with Crippen molar-refractivity contribution < 1.29 is 13.2 Å². The van der Waals surface area contributed by atoms with E-state index in [1.54, 1.807) is 0 Å². The quantitative estimate of drug-likeness (QED) is 0.824. The third-order valence-electron chi connectivity index (χ3n) is 4.60. The first-order valence-corrected chi connectivity index (χ1v) is 10.6. The van der Waals surface area contributed by atoms with Gasteiger partial charge in [-0.05, 0) is 56.1 Å². The Morgan fingerprint density at radius 2 is 2.25 bits per heavy atom. The number of anilines is 1. The Bertz CT molecular complexity index is 700. The minimum absolute atomic E-state index is 0.0657. The molecule has 0 saturated carbocycles. The zero-order chi connectivity index (χ0) is 17.2. The van der Waals surface area contributed by atoms with Gasteiger partial charge in [-0.2, -0.15) is 0 Å². The molecule has 2 aliphatic heterocycles. The topological polar surface area (TPSA) is 58.6 Å². The van der Waals surface area contributed by atoms with E-state index in [1.165, 1.54) is 0 Å². The Hall–Kier alpha value is -1.18. The molecule has 0 spiro atoms. The van der Waals surface area contributed by atoms with Crippen molar-refractivity contribution in [3.63, 3.8) is 0 Å².